The Morgan fingerprint density at radius 3 is 2.77 bits per heavy atom. The summed E-state index contributed by atoms with van der Waals surface area (Å²) in [5.74, 6) is 0.326. The molecule has 0 aromatic heterocycles. The maximum atomic E-state index is 11.0. The van der Waals surface area contributed by atoms with Crippen molar-refractivity contribution in [3.63, 3.8) is 0 Å². The van der Waals surface area contributed by atoms with Crippen molar-refractivity contribution in [2.45, 2.75) is 12.5 Å². The van der Waals surface area contributed by atoms with E-state index in [0.717, 1.165) is 13.1 Å². The summed E-state index contributed by atoms with van der Waals surface area (Å²) < 4.78 is 10.2. The lowest BCUT2D eigenvalue weighted by Crippen LogP contribution is -2.34. The van der Waals surface area contributed by atoms with E-state index in [1.54, 1.807) is 14.2 Å². The molecule has 1 aliphatic rings. The highest BCUT2D eigenvalue weighted by Gasteiger charge is 2.21. The van der Waals surface area contributed by atoms with Crippen LogP contribution in [0.5, 0.6) is 0 Å². The van der Waals surface area contributed by atoms with Crippen LogP contribution in [0.25, 0.3) is 0 Å². The zero-order valence-corrected chi connectivity index (χ0v) is 8.28. The Hall–Kier alpha value is -0.450. The quantitative estimate of drug-likeness (QED) is 0.603. The minimum absolute atomic E-state index is 0.0795. The molecule has 1 fully saturated rings. The predicted octanol–water partition coefficient (Wildman–Crippen LogP) is -0.0774. The van der Waals surface area contributed by atoms with Gasteiger partial charge in [-0.2, -0.15) is 0 Å². The predicted molar refractivity (Wildman–Crippen MR) is 48.7 cm³/mol. The average molecular weight is 187 g/mol. The van der Waals surface area contributed by atoms with Gasteiger partial charge in [0.1, 0.15) is 5.78 Å². The van der Waals surface area contributed by atoms with Gasteiger partial charge in [0.05, 0.1) is 19.3 Å². The molecule has 76 valence electrons. The Labute approximate surface area is 78.8 Å². The summed E-state index contributed by atoms with van der Waals surface area (Å²) in [6.07, 6.45) is 0.763. The van der Waals surface area contributed by atoms with Crippen LogP contribution in [0.4, 0.5) is 0 Å². The number of ether oxygens (including phenoxy) is 2. The highest BCUT2D eigenvalue weighted by Crippen LogP contribution is 2.06. The molecule has 1 atom stereocenters. The van der Waals surface area contributed by atoms with E-state index < -0.39 is 0 Å². The van der Waals surface area contributed by atoms with Crippen LogP contribution >= 0.6 is 0 Å². The lowest BCUT2D eigenvalue weighted by Gasteiger charge is -2.20. The number of hydrogen-bond acceptors (Lipinski definition) is 4. The van der Waals surface area contributed by atoms with Crippen LogP contribution in [0.1, 0.15) is 6.42 Å². The molecule has 0 bridgehead atoms. The molecule has 1 aliphatic heterocycles. The van der Waals surface area contributed by atoms with Crippen LogP contribution in [0.15, 0.2) is 0 Å². The van der Waals surface area contributed by atoms with Crippen molar-refractivity contribution in [1.29, 1.82) is 0 Å². The van der Waals surface area contributed by atoms with Gasteiger partial charge in [0, 0.05) is 33.7 Å². The number of carbonyl (C=O) groups is 1. The van der Waals surface area contributed by atoms with E-state index in [1.165, 1.54) is 0 Å². The van der Waals surface area contributed by atoms with Gasteiger partial charge in [-0.05, 0) is 0 Å². The first-order valence-corrected chi connectivity index (χ1v) is 4.52. The fraction of sp³-hybridized carbons (Fsp3) is 0.889. The summed E-state index contributed by atoms with van der Waals surface area (Å²) in [6, 6.07) is 0. The van der Waals surface area contributed by atoms with Gasteiger partial charge in [-0.3, -0.25) is 9.69 Å². The van der Waals surface area contributed by atoms with Gasteiger partial charge in [0.15, 0.2) is 0 Å². The van der Waals surface area contributed by atoms with E-state index in [9.17, 15) is 4.79 Å². The second-order valence-corrected chi connectivity index (χ2v) is 3.34. The van der Waals surface area contributed by atoms with Crippen molar-refractivity contribution in [3.8, 4) is 0 Å². The normalized spacial score (nSPS) is 20.9. The van der Waals surface area contributed by atoms with E-state index in [1.807, 2.05) is 0 Å². The highest BCUT2D eigenvalue weighted by molar-refractivity contribution is 5.82. The van der Waals surface area contributed by atoms with Crippen molar-refractivity contribution in [1.82, 2.24) is 4.90 Å². The molecule has 1 unspecified atom stereocenters. The minimum atomic E-state index is 0.0795. The summed E-state index contributed by atoms with van der Waals surface area (Å²) >= 11 is 0. The van der Waals surface area contributed by atoms with Crippen molar-refractivity contribution in [3.05, 3.63) is 0 Å². The molecule has 4 heteroatoms. The maximum Gasteiger partial charge on any atom is 0.148 e. The van der Waals surface area contributed by atoms with Gasteiger partial charge in [0.2, 0.25) is 0 Å². The molecular formula is C9H17NO3. The number of nitrogens with zero attached hydrogens (tertiary/aromatic N) is 1. The standard InChI is InChI=1S/C9H17NO3/c1-12-7-9(13-2)6-10-4-3-8(11)5-10/h9H,3-7H2,1-2H3. The van der Waals surface area contributed by atoms with Crippen molar-refractivity contribution in [2.24, 2.45) is 0 Å². The van der Waals surface area contributed by atoms with Crippen molar-refractivity contribution >= 4 is 5.78 Å². The van der Waals surface area contributed by atoms with Gasteiger partial charge in [-0.1, -0.05) is 0 Å². The van der Waals surface area contributed by atoms with Crippen LogP contribution in [0, 0.1) is 0 Å². The van der Waals surface area contributed by atoms with Gasteiger partial charge in [0.25, 0.3) is 0 Å². The van der Waals surface area contributed by atoms with Gasteiger partial charge in [-0.15, -0.1) is 0 Å². The Bertz CT molecular complexity index is 172. The van der Waals surface area contributed by atoms with E-state index in [4.69, 9.17) is 9.47 Å². The molecule has 0 aromatic rings. The molecule has 0 N–H and O–H groups in total. The van der Waals surface area contributed by atoms with Crippen LogP contribution in [0.2, 0.25) is 0 Å². The molecule has 1 saturated heterocycles. The second-order valence-electron chi connectivity index (χ2n) is 3.34. The maximum absolute atomic E-state index is 11.0. The average Bonchev–Trinajstić information content (AvgIpc) is 2.50. The van der Waals surface area contributed by atoms with Crippen molar-refractivity contribution in [2.75, 3.05) is 40.5 Å². The topological polar surface area (TPSA) is 38.8 Å². The SMILES string of the molecule is COCC(CN1CCC(=O)C1)OC. The Kier molecular flexibility index (Phi) is 4.35. The highest BCUT2D eigenvalue weighted by atomic mass is 16.5. The van der Waals surface area contributed by atoms with Gasteiger partial charge in [-0.25, -0.2) is 0 Å². The molecule has 0 radical (unpaired) electrons. The molecule has 0 spiro atoms. The van der Waals surface area contributed by atoms with Crippen LogP contribution in [-0.4, -0.2) is 57.2 Å². The molecule has 1 rings (SSSR count). The molecule has 0 aliphatic carbocycles. The fourth-order valence-electron chi connectivity index (χ4n) is 1.52. The van der Waals surface area contributed by atoms with Crippen LogP contribution in [-0.2, 0) is 14.3 Å². The summed E-state index contributed by atoms with van der Waals surface area (Å²) in [6.45, 7) is 2.81. The Morgan fingerprint density at radius 1 is 1.54 bits per heavy atom. The minimum Gasteiger partial charge on any atom is -0.382 e. The van der Waals surface area contributed by atoms with Gasteiger partial charge < -0.3 is 9.47 Å². The summed E-state index contributed by atoms with van der Waals surface area (Å²) in [4.78, 5) is 13.1. The number of carbonyl (C=O) groups excluding carboxylic acids is 1. The Balaban J connectivity index is 2.25. The molecule has 13 heavy (non-hydrogen) atoms. The number of Topliss-reactive ketones (excluding diaryl/α,β-unsaturated/α-hetero) is 1. The van der Waals surface area contributed by atoms with E-state index in [0.29, 0.717) is 25.4 Å². The van der Waals surface area contributed by atoms with E-state index >= 15 is 0 Å². The third-order valence-corrected chi connectivity index (χ3v) is 2.25. The smallest absolute Gasteiger partial charge is 0.148 e. The summed E-state index contributed by atoms with van der Waals surface area (Å²) in [5.41, 5.74) is 0. The van der Waals surface area contributed by atoms with Crippen LogP contribution in [0.3, 0.4) is 0 Å². The lowest BCUT2D eigenvalue weighted by atomic mass is 10.3. The Morgan fingerprint density at radius 2 is 2.31 bits per heavy atom. The number of rotatable bonds is 5. The lowest BCUT2D eigenvalue weighted by molar-refractivity contribution is -0.117. The monoisotopic (exact) mass is 187 g/mol. The van der Waals surface area contributed by atoms with Gasteiger partial charge >= 0.3 is 0 Å². The number of hydrogen-bond donors (Lipinski definition) is 0. The summed E-state index contributed by atoms with van der Waals surface area (Å²) in [5, 5.41) is 0. The number of likely N-dealkylation sites (tertiary alicyclic amines) is 1. The van der Waals surface area contributed by atoms with E-state index in [-0.39, 0.29) is 6.10 Å². The molecule has 4 nitrogen and oxygen atoms in total. The van der Waals surface area contributed by atoms with Crippen molar-refractivity contribution < 1.29 is 14.3 Å². The third-order valence-electron chi connectivity index (χ3n) is 2.25. The summed E-state index contributed by atoms with van der Waals surface area (Å²) in [7, 11) is 3.32. The first kappa shape index (κ1) is 10.6. The molecule has 1 heterocycles. The number of ketones is 1. The fourth-order valence-corrected chi connectivity index (χ4v) is 1.52. The van der Waals surface area contributed by atoms with Crippen LogP contribution < -0.4 is 0 Å². The molecule has 0 aromatic carbocycles. The zero-order chi connectivity index (χ0) is 9.68. The molecule has 0 amide bonds. The first-order valence-electron chi connectivity index (χ1n) is 4.52. The molecular weight excluding hydrogens is 170 g/mol. The first-order chi connectivity index (χ1) is 6.26. The van der Waals surface area contributed by atoms with E-state index in [2.05, 4.69) is 4.90 Å². The number of methoxy groups -OCH3 is 2. The second kappa shape index (κ2) is 5.32. The third kappa shape index (κ3) is 3.42. The largest absolute Gasteiger partial charge is 0.382 e. The molecule has 0 saturated carbocycles. The zero-order valence-electron chi connectivity index (χ0n) is 8.28.